The van der Waals surface area contributed by atoms with Crippen molar-refractivity contribution in [2.45, 2.75) is 25.9 Å². The number of hydrogen-bond acceptors (Lipinski definition) is 3. The van der Waals surface area contributed by atoms with Gasteiger partial charge in [-0.2, -0.15) is 5.10 Å². The van der Waals surface area contributed by atoms with Crippen molar-refractivity contribution in [1.82, 2.24) is 25.8 Å². The average molecular weight is 245 g/mol. The molecule has 0 fully saturated rings. The first-order chi connectivity index (χ1) is 8.93. The number of hydrogen-bond donors (Lipinski definition) is 4. The Morgan fingerprint density at radius 1 is 0.944 bits per heavy atom. The highest BCUT2D eigenvalue weighted by molar-refractivity contribution is 5.22. The number of rotatable bonds is 0. The third-order valence-electron chi connectivity index (χ3n) is 3.47. The zero-order chi connectivity index (χ0) is 12.2. The van der Waals surface area contributed by atoms with Crippen LogP contribution in [0.4, 0.5) is 0 Å². The monoisotopic (exact) mass is 245 g/mol. The Hall–Kier alpha value is -1.59. The minimum atomic E-state index is 0.978. The Kier molecular flexibility index (Phi) is 3.43. The lowest BCUT2D eigenvalue weighted by atomic mass is 10.1. The lowest BCUT2D eigenvalue weighted by molar-refractivity contribution is 0.637. The van der Waals surface area contributed by atoms with Crippen LogP contribution in [0.5, 0.6) is 0 Å². The number of aromatic nitrogens is 3. The molecule has 2 aliphatic heterocycles. The van der Waals surface area contributed by atoms with Gasteiger partial charge in [0.2, 0.25) is 0 Å². The predicted molar refractivity (Wildman–Crippen MR) is 70.2 cm³/mol. The molecule has 96 valence electrons. The molecule has 0 bridgehead atoms. The van der Waals surface area contributed by atoms with Crippen molar-refractivity contribution >= 4 is 0 Å². The number of H-pyrrole nitrogens is 2. The van der Waals surface area contributed by atoms with Gasteiger partial charge in [0.1, 0.15) is 0 Å². The van der Waals surface area contributed by atoms with Gasteiger partial charge in [-0.1, -0.05) is 0 Å². The Bertz CT molecular complexity index is 412. The summed E-state index contributed by atoms with van der Waals surface area (Å²) in [4.78, 5) is 3.22. The van der Waals surface area contributed by atoms with Crippen molar-refractivity contribution in [3.05, 3.63) is 41.0 Å². The van der Waals surface area contributed by atoms with E-state index in [0.717, 1.165) is 39.0 Å². The van der Waals surface area contributed by atoms with Crippen LogP contribution in [0, 0.1) is 0 Å². The molecule has 4 rings (SSSR count). The average Bonchev–Trinajstić information content (AvgIpc) is 3.08. The molecule has 4 heterocycles. The zero-order valence-corrected chi connectivity index (χ0v) is 10.4. The van der Waals surface area contributed by atoms with E-state index in [1.807, 2.05) is 12.4 Å². The summed E-state index contributed by atoms with van der Waals surface area (Å²) in [5.74, 6) is 0. The van der Waals surface area contributed by atoms with E-state index in [1.165, 1.54) is 22.5 Å². The lowest BCUT2D eigenvalue weighted by Crippen LogP contribution is -2.22. The fourth-order valence-electron chi connectivity index (χ4n) is 2.41. The van der Waals surface area contributed by atoms with Crippen LogP contribution in [0.2, 0.25) is 0 Å². The highest BCUT2D eigenvalue weighted by Gasteiger charge is 2.08. The largest absolute Gasteiger partial charge is 0.365 e. The van der Waals surface area contributed by atoms with Crippen LogP contribution in [0.15, 0.2) is 18.5 Å². The molecule has 0 aliphatic carbocycles. The van der Waals surface area contributed by atoms with Gasteiger partial charge in [-0.25, -0.2) is 0 Å². The molecule has 0 amide bonds. The first-order valence-corrected chi connectivity index (χ1v) is 6.51. The summed E-state index contributed by atoms with van der Waals surface area (Å²) in [6, 6.07) is 2.14. The van der Waals surface area contributed by atoms with Crippen LogP contribution < -0.4 is 10.6 Å². The van der Waals surface area contributed by atoms with Gasteiger partial charge in [-0.3, -0.25) is 5.10 Å². The number of nitrogens with one attached hydrogen (secondary N) is 4. The first kappa shape index (κ1) is 11.5. The van der Waals surface area contributed by atoms with E-state index in [-0.39, 0.29) is 0 Å². The quantitative estimate of drug-likeness (QED) is 0.553. The summed E-state index contributed by atoms with van der Waals surface area (Å²) >= 11 is 0. The zero-order valence-electron chi connectivity index (χ0n) is 10.4. The van der Waals surface area contributed by atoms with Crippen LogP contribution in [-0.4, -0.2) is 28.3 Å². The van der Waals surface area contributed by atoms with Crippen LogP contribution in [0.3, 0.4) is 0 Å². The molecule has 5 heteroatoms. The van der Waals surface area contributed by atoms with Gasteiger partial charge >= 0.3 is 0 Å². The van der Waals surface area contributed by atoms with Crippen LogP contribution in [0.1, 0.15) is 22.5 Å². The summed E-state index contributed by atoms with van der Waals surface area (Å²) < 4.78 is 0. The van der Waals surface area contributed by atoms with Crippen LogP contribution in [0.25, 0.3) is 0 Å². The van der Waals surface area contributed by atoms with Gasteiger partial charge in [-0.15, -0.1) is 0 Å². The third kappa shape index (κ3) is 2.47. The van der Waals surface area contributed by atoms with E-state index in [0.29, 0.717) is 0 Å². The molecule has 2 aliphatic rings. The van der Waals surface area contributed by atoms with Gasteiger partial charge in [0.15, 0.2) is 0 Å². The van der Waals surface area contributed by atoms with Crippen LogP contribution >= 0.6 is 0 Å². The maximum Gasteiger partial charge on any atom is 0.0535 e. The molecule has 0 spiro atoms. The topological polar surface area (TPSA) is 68.5 Å². The Morgan fingerprint density at radius 2 is 1.72 bits per heavy atom. The van der Waals surface area contributed by atoms with Gasteiger partial charge in [0, 0.05) is 62.2 Å². The number of aromatic amines is 2. The van der Waals surface area contributed by atoms with E-state index in [4.69, 9.17) is 0 Å². The summed E-state index contributed by atoms with van der Waals surface area (Å²) in [6.07, 6.45) is 6.15. The molecule has 5 nitrogen and oxygen atoms in total. The van der Waals surface area contributed by atoms with Gasteiger partial charge in [0.05, 0.1) is 6.20 Å². The molecule has 0 aromatic carbocycles. The fourth-order valence-corrected chi connectivity index (χ4v) is 2.41. The van der Waals surface area contributed by atoms with Crippen LogP contribution in [-0.2, 0) is 25.9 Å². The Labute approximate surface area is 106 Å². The molecule has 0 radical (unpaired) electrons. The molecule has 2 aromatic heterocycles. The fraction of sp³-hybridized carbons (Fsp3) is 0.462. The normalized spacial score (nSPS) is 17.3. The Morgan fingerprint density at radius 3 is 2.50 bits per heavy atom. The number of nitrogens with zero attached hydrogens (tertiary/aromatic N) is 1. The van der Waals surface area contributed by atoms with Gasteiger partial charge in [-0.05, 0) is 11.6 Å². The van der Waals surface area contributed by atoms with Crippen molar-refractivity contribution in [2.24, 2.45) is 0 Å². The van der Waals surface area contributed by atoms with Crippen molar-refractivity contribution in [3.63, 3.8) is 0 Å². The smallest absolute Gasteiger partial charge is 0.0535 e. The summed E-state index contributed by atoms with van der Waals surface area (Å²) in [5, 5.41) is 13.5. The lowest BCUT2D eigenvalue weighted by Gasteiger charge is -2.11. The second-order valence-electron chi connectivity index (χ2n) is 4.71. The maximum atomic E-state index is 3.94. The molecule has 0 saturated carbocycles. The van der Waals surface area contributed by atoms with Crippen molar-refractivity contribution < 1.29 is 0 Å². The molecule has 4 N–H and O–H groups in total. The highest BCUT2D eigenvalue weighted by atomic mass is 15.1. The highest BCUT2D eigenvalue weighted by Crippen LogP contribution is 2.09. The van der Waals surface area contributed by atoms with E-state index in [2.05, 4.69) is 31.9 Å². The van der Waals surface area contributed by atoms with E-state index >= 15 is 0 Å². The molecular formula is C13H19N5. The molecule has 0 atom stereocenters. The standard InChI is InChI=1S/C7H10N2.C6H9N3/c1-4-9-7-2-3-8-5-6(1)7;1-2-7-3-5-4-8-9-6(1)5/h1,4,8-9H,2-3,5H2;4,7H,1-3H2,(H,8,9). The van der Waals surface area contributed by atoms with Gasteiger partial charge < -0.3 is 15.6 Å². The number of fused-ring (bicyclic) bond motifs is 2. The maximum absolute atomic E-state index is 3.94. The van der Waals surface area contributed by atoms with Crippen molar-refractivity contribution in [3.8, 4) is 0 Å². The minimum absolute atomic E-state index is 0.978. The van der Waals surface area contributed by atoms with Crippen molar-refractivity contribution in [2.75, 3.05) is 13.1 Å². The predicted octanol–water partition coefficient (Wildman–Crippen LogP) is 0.716. The third-order valence-corrected chi connectivity index (χ3v) is 3.47. The first-order valence-electron chi connectivity index (χ1n) is 6.51. The van der Waals surface area contributed by atoms with E-state index in [9.17, 15) is 0 Å². The Balaban J connectivity index is 0.000000111. The van der Waals surface area contributed by atoms with E-state index < -0.39 is 0 Å². The molecule has 0 unspecified atom stereocenters. The molecule has 18 heavy (non-hydrogen) atoms. The summed E-state index contributed by atoms with van der Waals surface area (Å²) in [6.45, 7) is 4.22. The second kappa shape index (κ2) is 5.37. The minimum Gasteiger partial charge on any atom is -0.365 e. The molecule has 0 saturated heterocycles. The van der Waals surface area contributed by atoms with Gasteiger partial charge in [0.25, 0.3) is 0 Å². The molecular weight excluding hydrogens is 226 g/mol. The van der Waals surface area contributed by atoms with E-state index in [1.54, 1.807) is 0 Å². The SMILES string of the molecule is c1cc2c([nH]1)CCNC2.c1n[nH]c2c1CNCC2. The summed E-state index contributed by atoms with van der Waals surface area (Å²) in [5.41, 5.74) is 5.46. The molecule has 2 aromatic rings. The van der Waals surface area contributed by atoms with Crippen molar-refractivity contribution in [1.29, 1.82) is 0 Å². The summed E-state index contributed by atoms with van der Waals surface area (Å²) in [7, 11) is 0. The second-order valence-corrected chi connectivity index (χ2v) is 4.71.